The fourth-order valence-corrected chi connectivity index (χ4v) is 5.09. The first-order chi connectivity index (χ1) is 17.0. The maximum atomic E-state index is 12.1. The maximum absolute atomic E-state index is 12.1. The molecule has 2 atom stereocenters. The number of benzene rings is 4. The molecule has 2 aliphatic heterocycles. The van der Waals surface area contributed by atoms with Gasteiger partial charge in [0.25, 0.3) is 0 Å². The number of hydrogen-bond acceptors (Lipinski definition) is 4. The second-order valence-corrected chi connectivity index (χ2v) is 9.33. The van der Waals surface area contributed by atoms with Crippen LogP contribution in [0.3, 0.4) is 0 Å². The summed E-state index contributed by atoms with van der Waals surface area (Å²) in [6.45, 7) is 3.58. The molecule has 174 valence electrons. The van der Waals surface area contributed by atoms with E-state index in [0.717, 1.165) is 63.7 Å². The van der Waals surface area contributed by atoms with Crippen LogP contribution >= 0.6 is 0 Å². The molecule has 0 aliphatic carbocycles. The molecule has 4 aromatic rings. The summed E-state index contributed by atoms with van der Waals surface area (Å²) in [5.74, 6) is 3.21. The Balaban J connectivity index is 1.32. The van der Waals surface area contributed by atoms with Crippen LogP contribution < -0.4 is 9.47 Å². The Morgan fingerprint density at radius 2 is 1.17 bits per heavy atom. The fraction of sp³-hybridized carbons (Fsp3) is 0.194. The monoisotopic (exact) mass is 462 g/mol. The van der Waals surface area contributed by atoms with Gasteiger partial charge in [0.05, 0.1) is 0 Å². The van der Waals surface area contributed by atoms with Gasteiger partial charge in [-0.2, -0.15) is 0 Å². The minimum Gasteiger partial charge on any atom is -0.457 e. The number of hydrogen-bond donors (Lipinski definition) is 0. The first kappa shape index (κ1) is 21.5. The van der Waals surface area contributed by atoms with Gasteiger partial charge >= 0.3 is 5.97 Å². The second kappa shape index (κ2) is 8.62. The Kier molecular flexibility index (Phi) is 5.29. The minimum absolute atomic E-state index is 0.0452. The summed E-state index contributed by atoms with van der Waals surface area (Å²) in [6.07, 6.45) is 1.19. The molecule has 0 radical (unpaired) electrons. The molecule has 35 heavy (non-hydrogen) atoms. The lowest BCUT2D eigenvalue weighted by molar-refractivity contribution is -0.147. The third-order valence-corrected chi connectivity index (χ3v) is 6.92. The SMILES string of the molecule is CC(=O)OC(c1ccc2c(c1)Cc1ccccc1O2)C(C)c1ccc2c(c1)Cc1ccccc1O2. The average Bonchev–Trinajstić information content (AvgIpc) is 2.88. The van der Waals surface area contributed by atoms with Crippen molar-refractivity contribution < 1.29 is 19.0 Å². The zero-order valence-electron chi connectivity index (χ0n) is 19.8. The highest BCUT2D eigenvalue weighted by atomic mass is 16.5. The van der Waals surface area contributed by atoms with E-state index in [1.807, 2.05) is 54.6 Å². The molecule has 0 fully saturated rings. The number of carbonyl (C=O) groups is 1. The lowest BCUT2D eigenvalue weighted by Crippen LogP contribution is -2.16. The summed E-state index contributed by atoms with van der Waals surface area (Å²) in [7, 11) is 0. The van der Waals surface area contributed by atoms with Crippen molar-refractivity contribution in [3.8, 4) is 23.0 Å². The predicted molar refractivity (Wildman–Crippen MR) is 134 cm³/mol. The van der Waals surface area contributed by atoms with Gasteiger partial charge in [-0.1, -0.05) is 61.5 Å². The van der Waals surface area contributed by atoms with E-state index >= 15 is 0 Å². The molecular weight excluding hydrogens is 436 g/mol. The third kappa shape index (κ3) is 4.06. The summed E-state index contributed by atoms with van der Waals surface area (Å²) in [5.41, 5.74) is 6.65. The number of esters is 1. The van der Waals surface area contributed by atoms with Crippen LogP contribution in [0, 0.1) is 0 Å². The van der Waals surface area contributed by atoms with Crippen molar-refractivity contribution in [3.05, 3.63) is 118 Å². The van der Waals surface area contributed by atoms with Crippen LogP contribution in [0.4, 0.5) is 0 Å². The Bertz CT molecular complexity index is 1440. The summed E-state index contributed by atoms with van der Waals surface area (Å²) in [4.78, 5) is 12.1. The van der Waals surface area contributed by atoms with Crippen LogP contribution in [-0.2, 0) is 22.4 Å². The molecule has 2 aliphatic rings. The molecule has 4 heteroatoms. The lowest BCUT2D eigenvalue weighted by atomic mass is 9.87. The summed E-state index contributed by atoms with van der Waals surface area (Å²) < 4.78 is 18.1. The van der Waals surface area contributed by atoms with Crippen LogP contribution in [0.25, 0.3) is 0 Å². The Morgan fingerprint density at radius 1 is 0.686 bits per heavy atom. The van der Waals surface area contributed by atoms with Gasteiger partial charge in [0.2, 0.25) is 0 Å². The Labute approximate surface area is 205 Å². The molecule has 6 rings (SSSR count). The molecule has 2 unspecified atom stereocenters. The number of ether oxygens (including phenoxy) is 3. The van der Waals surface area contributed by atoms with E-state index in [1.54, 1.807) is 0 Å². The number of para-hydroxylation sites is 2. The highest BCUT2D eigenvalue weighted by Gasteiger charge is 2.28. The second-order valence-electron chi connectivity index (χ2n) is 9.33. The summed E-state index contributed by atoms with van der Waals surface area (Å²) in [5, 5.41) is 0. The van der Waals surface area contributed by atoms with E-state index in [-0.39, 0.29) is 11.9 Å². The normalized spacial score (nSPS) is 14.7. The van der Waals surface area contributed by atoms with Gasteiger partial charge in [-0.15, -0.1) is 0 Å². The van der Waals surface area contributed by atoms with Gasteiger partial charge in [-0.25, -0.2) is 0 Å². The fourth-order valence-electron chi connectivity index (χ4n) is 5.09. The van der Waals surface area contributed by atoms with Crippen molar-refractivity contribution >= 4 is 5.97 Å². The van der Waals surface area contributed by atoms with Crippen molar-refractivity contribution in [2.24, 2.45) is 0 Å². The Hall–Kier alpha value is -4.05. The average molecular weight is 463 g/mol. The highest BCUT2D eigenvalue weighted by Crippen LogP contribution is 2.42. The summed E-state index contributed by atoms with van der Waals surface area (Å²) >= 11 is 0. The summed E-state index contributed by atoms with van der Waals surface area (Å²) in [6, 6.07) is 28.6. The molecule has 0 amide bonds. The standard InChI is InChI=1S/C31H26O4/c1-19(21-11-13-29-25(15-21)16-22-7-3-5-9-27(22)34-29)31(33-20(2)32)24-12-14-30-26(18-24)17-23-8-4-6-10-28(23)35-30/h3-15,18-19,31H,16-17H2,1-2H3. The van der Waals surface area contributed by atoms with Gasteiger partial charge in [0.1, 0.15) is 29.1 Å². The van der Waals surface area contributed by atoms with Crippen LogP contribution in [0.5, 0.6) is 23.0 Å². The quantitative estimate of drug-likeness (QED) is 0.255. The molecule has 0 N–H and O–H groups in total. The molecule has 0 aromatic heterocycles. The van der Waals surface area contributed by atoms with Crippen molar-refractivity contribution in [1.29, 1.82) is 0 Å². The molecule has 0 saturated carbocycles. The van der Waals surface area contributed by atoms with Crippen LogP contribution in [-0.4, -0.2) is 5.97 Å². The molecular formula is C31H26O4. The van der Waals surface area contributed by atoms with Crippen molar-refractivity contribution in [2.45, 2.75) is 38.7 Å². The molecule has 0 spiro atoms. The van der Waals surface area contributed by atoms with E-state index in [0.29, 0.717) is 0 Å². The van der Waals surface area contributed by atoms with Crippen LogP contribution in [0.15, 0.2) is 84.9 Å². The number of fused-ring (bicyclic) bond motifs is 4. The largest absolute Gasteiger partial charge is 0.457 e. The third-order valence-electron chi connectivity index (χ3n) is 6.92. The maximum Gasteiger partial charge on any atom is 0.303 e. The van der Waals surface area contributed by atoms with E-state index in [9.17, 15) is 4.79 Å². The van der Waals surface area contributed by atoms with Crippen LogP contribution in [0.1, 0.15) is 59.3 Å². The van der Waals surface area contributed by atoms with E-state index in [2.05, 4.69) is 37.3 Å². The van der Waals surface area contributed by atoms with Gasteiger partial charge in [0, 0.05) is 25.7 Å². The minimum atomic E-state index is -0.412. The van der Waals surface area contributed by atoms with Gasteiger partial charge in [0.15, 0.2) is 0 Å². The first-order valence-corrected chi connectivity index (χ1v) is 12.0. The first-order valence-electron chi connectivity index (χ1n) is 12.0. The zero-order chi connectivity index (χ0) is 23.9. The molecule has 2 heterocycles. The smallest absolute Gasteiger partial charge is 0.303 e. The number of carbonyl (C=O) groups excluding carboxylic acids is 1. The topological polar surface area (TPSA) is 44.8 Å². The van der Waals surface area contributed by atoms with E-state index in [4.69, 9.17) is 14.2 Å². The van der Waals surface area contributed by atoms with Crippen LogP contribution in [0.2, 0.25) is 0 Å². The molecule has 0 saturated heterocycles. The van der Waals surface area contributed by atoms with Gasteiger partial charge in [-0.3, -0.25) is 4.79 Å². The van der Waals surface area contributed by atoms with Crippen molar-refractivity contribution in [2.75, 3.05) is 0 Å². The molecule has 4 aromatic carbocycles. The van der Waals surface area contributed by atoms with Gasteiger partial charge in [-0.05, 0) is 63.7 Å². The predicted octanol–water partition coefficient (Wildman–Crippen LogP) is 7.49. The van der Waals surface area contributed by atoms with Crippen molar-refractivity contribution in [3.63, 3.8) is 0 Å². The van der Waals surface area contributed by atoms with Crippen molar-refractivity contribution in [1.82, 2.24) is 0 Å². The molecule has 0 bridgehead atoms. The molecule has 4 nitrogen and oxygen atoms in total. The van der Waals surface area contributed by atoms with Gasteiger partial charge < -0.3 is 14.2 Å². The highest BCUT2D eigenvalue weighted by molar-refractivity contribution is 5.66. The number of rotatable bonds is 4. The Morgan fingerprint density at radius 3 is 1.74 bits per heavy atom. The van der Waals surface area contributed by atoms with E-state index < -0.39 is 6.10 Å². The lowest BCUT2D eigenvalue weighted by Gasteiger charge is -2.28. The zero-order valence-corrected chi connectivity index (χ0v) is 19.8. The van der Waals surface area contributed by atoms with E-state index in [1.165, 1.54) is 12.5 Å².